The van der Waals surface area contributed by atoms with E-state index in [9.17, 15) is 4.79 Å². The number of anilines is 2. The van der Waals surface area contributed by atoms with Gasteiger partial charge in [-0.1, -0.05) is 38.1 Å². The lowest BCUT2D eigenvalue weighted by Crippen LogP contribution is -2.36. The number of fused-ring (bicyclic) bond motifs is 1. The van der Waals surface area contributed by atoms with Gasteiger partial charge in [0.15, 0.2) is 11.4 Å². The summed E-state index contributed by atoms with van der Waals surface area (Å²) in [5, 5.41) is 4.60. The van der Waals surface area contributed by atoms with E-state index in [1.807, 2.05) is 48.5 Å². The van der Waals surface area contributed by atoms with Gasteiger partial charge in [-0.2, -0.15) is 5.10 Å². The normalized spacial score (nSPS) is 13.0. The van der Waals surface area contributed by atoms with Crippen LogP contribution in [0.4, 0.5) is 11.4 Å². The van der Waals surface area contributed by atoms with Crippen LogP contribution in [0.1, 0.15) is 36.3 Å². The summed E-state index contributed by atoms with van der Waals surface area (Å²) in [5.41, 5.74) is 9.97. The molecule has 1 aromatic heterocycles. The van der Waals surface area contributed by atoms with E-state index in [-0.39, 0.29) is 18.3 Å². The molecule has 2 heterocycles. The second kappa shape index (κ2) is 9.22. The van der Waals surface area contributed by atoms with Gasteiger partial charge < -0.3 is 15.4 Å². The summed E-state index contributed by atoms with van der Waals surface area (Å²) < 4.78 is 7.67. The molecule has 4 rings (SSSR count). The monoisotopic (exact) mass is 426 g/mol. The smallest absolute Gasteiger partial charge is 0.282 e. The standard InChI is InChI=1S/C23H26N4O2.ClH/c1-16(2)15-29-21-14-27(17-8-4-3-5-9-17)25-22(21)23(28)26-13-7-10-18-19(24)11-6-12-20(18)26;/h3-6,8-9,11-12,14,16H,7,10,13,15,24H2,1-2H3;1H. The SMILES string of the molecule is CC(C)COc1cn(-c2ccccc2)nc1C(=O)N1CCCc2c(N)cccc21.Cl. The highest BCUT2D eigenvalue weighted by molar-refractivity contribution is 6.07. The van der Waals surface area contributed by atoms with Crippen molar-refractivity contribution in [3.8, 4) is 11.4 Å². The Morgan fingerprint density at radius 1 is 1.17 bits per heavy atom. The van der Waals surface area contributed by atoms with Crippen LogP contribution in [0.25, 0.3) is 5.69 Å². The topological polar surface area (TPSA) is 73.4 Å². The lowest BCUT2D eigenvalue weighted by molar-refractivity contribution is 0.0975. The Labute approximate surface area is 183 Å². The first-order valence-corrected chi connectivity index (χ1v) is 10.0. The summed E-state index contributed by atoms with van der Waals surface area (Å²) in [6.07, 6.45) is 3.53. The minimum absolute atomic E-state index is 0. The van der Waals surface area contributed by atoms with Gasteiger partial charge in [-0.15, -0.1) is 12.4 Å². The lowest BCUT2D eigenvalue weighted by Gasteiger charge is -2.30. The Balaban J connectivity index is 0.00000256. The van der Waals surface area contributed by atoms with Crippen LogP contribution < -0.4 is 15.4 Å². The minimum Gasteiger partial charge on any atom is -0.489 e. The molecule has 0 aliphatic carbocycles. The van der Waals surface area contributed by atoms with Gasteiger partial charge in [0.25, 0.3) is 5.91 Å². The number of amides is 1. The molecule has 0 unspecified atom stereocenters. The molecule has 3 aromatic rings. The number of rotatable bonds is 5. The number of ether oxygens (including phenoxy) is 1. The fraction of sp³-hybridized carbons (Fsp3) is 0.304. The maximum atomic E-state index is 13.5. The number of nitrogens with two attached hydrogens (primary N) is 1. The van der Waals surface area contributed by atoms with Crippen molar-refractivity contribution in [1.82, 2.24) is 9.78 Å². The maximum absolute atomic E-state index is 13.5. The summed E-state index contributed by atoms with van der Waals surface area (Å²) in [6.45, 7) is 5.31. The lowest BCUT2D eigenvalue weighted by atomic mass is 9.99. The zero-order valence-electron chi connectivity index (χ0n) is 17.2. The molecule has 0 saturated carbocycles. The summed E-state index contributed by atoms with van der Waals surface area (Å²) in [5.74, 6) is 0.683. The van der Waals surface area contributed by atoms with Gasteiger partial charge in [0.05, 0.1) is 18.5 Å². The molecule has 0 atom stereocenters. The van der Waals surface area contributed by atoms with Crippen LogP contribution in [0.3, 0.4) is 0 Å². The molecule has 2 N–H and O–H groups in total. The predicted octanol–water partition coefficient (Wildman–Crippen LogP) is 4.50. The Hall–Kier alpha value is -2.99. The van der Waals surface area contributed by atoms with Crippen LogP contribution in [-0.2, 0) is 6.42 Å². The van der Waals surface area contributed by atoms with Crippen molar-refractivity contribution in [2.24, 2.45) is 5.92 Å². The molecule has 158 valence electrons. The molecule has 0 radical (unpaired) electrons. The number of carbonyl (C=O) groups is 1. The zero-order chi connectivity index (χ0) is 20.4. The maximum Gasteiger partial charge on any atom is 0.282 e. The highest BCUT2D eigenvalue weighted by Gasteiger charge is 2.29. The molecule has 1 amide bonds. The largest absolute Gasteiger partial charge is 0.489 e. The van der Waals surface area contributed by atoms with E-state index in [4.69, 9.17) is 10.5 Å². The molecule has 1 aliphatic heterocycles. The van der Waals surface area contributed by atoms with Crippen molar-refractivity contribution >= 4 is 29.7 Å². The van der Waals surface area contributed by atoms with Gasteiger partial charge in [-0.3, -0.25) is 4.79 Å². The van der Waals surface area contributed by atoms with E-state index in [1.54, 1.807) is 15.8 Å². The van der Waals surface area contributed by atoms with Crippen molar-refractivity contribution in [2.75, 3.05) is 23.8 Å². The number of carbonyl (C=O) groups excluding carboxylic acids is 1. The molecule has 0 bridgehead atoms. The van der Waals surface area contributed by atoms with Crippen molar-refractivity contribution in [1.29, 1.82) is 0 Å². The van der Waals surface area contributed by atoms with Gasteiger partial charge >= 0.3 is 0 Å². The first-order chi connectivity index (χ1) is 14.0. The van der Waals surface area contributed by atoms with E-state index >= 15 is 0 Å². The number of benzene rings is 2. The molecule has 7 heteroatoms. The van der Waals surface area contributed by atoms with Crippen LogP contribution >= 0.6 is 12.4 Å². The van der Waals surface area contributed by atoms with E-state index < -0.39 is 0 Å². The third kappa shape index (κ3) is 4.28. The Bertz CT molecular complexity index is 1020. The molecule has 2 aromatic carbocycles. The molecule has 6 nitrogen and oxygen atoms in total. The van der Waals surface area contributed by atoms with Crippen LogP contribution in [0.5, 0.6) is 5.75 Å². The van der Waals surface area contributed by atoms with E-state index in [2.05, 4.69) is 18.9 Å². The van der Waals surface area contributed by atoms with Crippen LogP contribution in [0.2, 0.25) is 0 Å². The average Bonchev–Trinajstić information content (AvgIpc) is 3.17. The van der Waals surface area contributed by atoms with E-state index in [0.717, 1.165) is 35.5 Å². The summed E-state index contributed by atoms with van der Waals surface area (Å²) in [4.78, 5) is 15.3. The molecule has 0 spiro atoms. The van der Waals surface area contributed by atoms with Crippen LogP contribution in [0.15, 0.2) is 54.7 Å². The Kier molecular flexibility index (Phi) is 6.67. The summed E-state index contributed by atoms with van der Waals surface area (Å²) >= 11 is 0. The van der Waals surface area contributed by atoms with Gasteiger partial charge in [0, 0.05) is 17.9 Å². The summed E-state index contributed by atoms with van der Waals surface area (Å²) in [7, 11) is 0. The number of hydrogen-bond donors (Lipinski definition) is 1. The van der Waals surface area contributed by atoms with Gasteiger partial charge in [-0.05, 0) is 48.6 Å². The minimum atomic E-state index is -0.162. The molecular formula is C23H27ClN4O2. The number of halogens is 1. The van der Waals surface area contributed by atoms with E-state index in [1.165, 1.54) is 0 Å². The molecular weight excluding hydrogens is 400 g/mol. The second-order valence-electron chi connectivity index (χ2n) is 7.73. The van der Waals surface area contributed by atoms with Crippen molar-refractivity contribution < 1.29 is 9.53 Å². The number of aromatic nitrogens is 2. The van der Waals surface area contributed by atoms with Gasteiger partial charge in [0.2, 0.25) is 0 Å². The fourth-order valence-electron chi connectivity index (χ4n) is 3.57. The van der Waals surface area contributed by atoms with E-state index in [0.29, 0.717) is 30.5 Å². The number of nitrogen functional groups attached to an aromatic ring is 1. The third-order valence-electron chi connectivity index (χ3n) is 5.01. The zero-order valence-corrected chi connectivity index (χ0v) is 18.1. The quantitative estimate of drug-likeness (QED) is 0.609. The number of nitrogens with zero attached hydrogens (tertiary/aromatic N) is 3. The van der Waals surface area contributed by atoms with Gasteiger partial charge in [0.1, 0.15) is 0 Å². The van der Waals surface area contributed by atoms with Gasteiger partial charge in [-0.25, -0.2) is 4.68 Å². The molecule has 0 fully saturated rings. The van der Waals surface area contributed by atoms with Crippen molar-refractivity contribution in [3.63, 3.8) is 0 Å². The number of para-hydroxylation sites is 1. The highest BCUT2D eigenvalue weighted by Crippen LogP contribution is 2.33. The van der Waals surface area contributed by atoms with Crippen LogP contribution in [-0.4, -0.2) is 28.8 Å². The molecule has 1 aliphatic rings. The first kappa shape index (κ1) is 21.7. The third-order valence-corrected chi connectivity index (χ3v) is 5.01. The second-order valence-corrected chi connectivity index (χ2v) is 7.73. The first-order valence-electron chi connectivity index (χ1n) is 10.0. The van der Waals surface area contributed by atoms with Crippen molar-refractivity contribution in [2.45, 2.75) is 26.7 Å². The number of hydrogen-bond acceptors (Lipinski definition) is 4. The predicted molar refractivity (Wildman–Crippen MR) is 122 cm³/mol. The van der Waals surface area contributed by atoms with Crippen LogP contribution in [0, 0.1) is 5.92 Å². The Morgan fingerprint density at radius 3 is 2.67 bits per heavy atom. The highest BCUT2D eigenvalue weighted by atomic mass is 35.5. The molecule has 30 heavy (non-hydrogen) atoms. The summed E-state index contributed by atoms with van der Waals surface area (Å²) in [6, 6.07) is 15.4. The fourth-order valence-corrected chi connectivity index (χ4v) is 3.57. The van der Waals surface area contributed by atoms with Crippen molar-refractivity contribution in [3.05, 3.63) is 66.0 Å². The Morgan fingerprint density at radius 2 is 1.93 bits per heavy atom. The average molecular weight is 427 g/mol. The molecule has 0 saturated heterocycles.